The zero-order valence-electron chi connectivity index (χ0n) is 15.0. The number of halogens is 4. The number of alkyl halides is 3. The standard InChI is InChI=1S/C20H22F4N2O/c1-26(14-16-5-2-3-6-18(16)20(22,23)24)19(27)7-4-12-25-13-15-8-10-17(21)11-9-15/h2-3,5-6,8-11,25H,4,7,12-14H2,1H3. The molecule has 27 heavy (non-hydrogen) atoms. The van der Waals surface area contributed by atoms with Gasteiger partial charge >= 0.3 is 6.18 Å². The van der Waals surface area contributed by atoms with Gasteiger partial charge in [-0.2, -0.15) is 13.2 Å². The van der Waals surface area contributed by atoms with Gasteiger partial charge in [-0.25, -0.2) is 4.39 Å². The van der Waals surface area contributed by atoms with E-state index >= 15 is 0 Å². The minimum atomic E-state index is -4.44. The lowest BCUT2D eigenvalue weighted by molar-refractivity contribution is -0.139. The maximum Gasteiger partial charge on any atom is 0.416 e. The summed E-state index contributed by atoms with van der Waals surface area (Å²) < 4.78 is 51.9. The molecular formula is C20H22F4N2O. The number of nitrogens with one attached hydrogen (secondary N) is 1. The number of hydrogen-bond acceptors (Lipinski definition) is 2. The van der Waals surface area contributed by atoms with Gasteiger partial charge in [-0.05, 0) is 42.3 Å². The largest absolute Gasteiger partial charge is 0.416 e. The Morgan fingerprint density at radius 1 is 1.07 bits per heavy atom. The summed E-state index contributed by atoms with van der Waals surface area (Å²) in [6.45, 7) is 1.05. The Balaban J connectivity index is 1.75. The average molecular weight is 382 g/mol. The van der Waals surface area contributed by atoms with E-state index in [4.69, 9.17) is 0 Å². The lowest BCUT2D eigenvalue weighted by Crippen LogP contribution is -2.28. The van der Waals surface area contributed by atoms with Gasteiger partial charge in [0.15, 0.2) is 0 Å². The van der Waals surface area contributed by atoms with E-state index in [1.54, 1.807) is 12.1 Å². The van der Waals surface area contributed by atoms with Gasteiger partial charge in [-0.3, -0.25) is 4.79 Å². The highest BCUT2D eigenvalue weighted by molar-refractivity contribution is 5.75. The molecular weight excluding hydrogens is 360 g/mol. The highest BCUT2D eigenvalue weighted by Gasteiger charge is 2.33. The Hall–Kier alpha value is -2.41. The summed E-state index contributed by atoms with van der Waals surface area (Å²) >= 11 is 0. The zero-order chi connectivity index (χ0) is 19.9. The van der Waals surface area contributed by atoms with Gasteiger partial charge in [0.2, 0.25) is 5.91 Å². The predicted molar refractivity (Wildman–Crippen MR) is 95.3 cm³/mol. The van der Waals surface area contributed by atoms with Crippen LogP contribution in [0, 0.1) is 5.82 Å². The fourth-order valence-electron chi connectivity index (χ4n) is 2.67. The van der Waals surface area contributed by atoms with E-state index in [0.717, 1.165) is 11.6 Å². The lowest BCUT2D eigenvalue weighted by Gasteiger charge is -2.20. The van der Waals surface area contributed by atoms with E-state index in [1.165, 1.54) is 42.3 Å². The minimum absolute atomic E-state index is 0.0790. The van der Waals surface area contributed by atoms with Gasteiger partial charge < -0.3 is 10.2 Å². The molecule has 0 aliphatic rings. The number of carbonyl (C=O) groups is 1. The molecule has 2 rings (SSSR count). The molecule has 0 fully saturated rings. The van der Waals surface area contributed by atoms with E-state index in [0.29, 0.717) is 19.5 Å². The first-order valence-electron chi connectivity index (χ1n) is 8.61. The van der Waals surface area contributed by atoms with Crippen molar-refractivity contribution in [3.63, 3.8) is 0 Å². The van der Waals surface area contributed by atoms with Crippen molar-refractivity contribution >= 4 is 5.91 Å². The first-order chi connectivity index (χ1) is 12.8. The van der Waals surface area contributed by atoms with Gasteiger partial charge in [-0.1, -0.05) is 30.3 Å². The topological polar surface area (TPSA) is 32.3 Å². The molecule has 1 N–H and O–H groups in total. The summed E-state index contributed by atoms with van der Waals surface area (Å²) in [5.41, 5.74) is 0.296. The molecule has 0 aliphatic carbocycles. The second-order valence-corrected chi connectivity index (χ2v) is 6.31. The monoisotopic (exact) mass is 382 g/mol. The third kappa shape index (κ3) is 6.67. The molecule has 0 saturated carbocycles. The van der Waals surface area contributed by atoms with Crippen LogP contribution in [-0.2, 0) is 24.1 Å². The molecule has 0 atom stereocenters. The molecule has 2 aromatic rings. The van der Waals surface area contributed by atoms with Crippen LogP contribution in [0.15, 0.2) is 48.5 Å². The summed E-state index contributed by atoms with van der Waals surface area (Å²) in [7, 11) is 1.50. The Morgan fingerprint density at radius 2 is 1.74 bits per heavy atom. The van der Waals surface area contributed by atoms with Crippen molar-refractivity contribution in [3.05, 3.63) is 71.0 Å². The van der Waals surface area contributed by atoms with E-state index < -0.39 is 11.7 Å². The van der Waals surface area contributed by atoms with Crippen LogP contribution in [0.4, 0.5) is 17.6 Å². The molecule has 7 heteroatoms. The van der Waals surface area contributed by atoms with E-state index in [2.05, 4.69) is 5.32 Å². The van der Waals surface area contributed by atoms with Crippen LogP contribution >= 0.6 is 0 Å². The molecule has 0 saturated heterocycles. The molecule has 0 aromatic heterocycles. The second-order valence-electron chi connectivity index (χ2n) is 6.31. The van der Waals surface area contributed by atoms with Crippen molar-refractivity contribution in [2.75, 3.05) is 13.6 Å². The van der Waals surface area contributed by atoms with Crippen molar-refractivity contribution in [1.29, 1.82) is 0 Å². The van der Waals surface area contributed by atoms with Crippen molar-refractivity contribution in [1.82, 2.24) is 10.2 Å². The molecule has 0 unspecified atom stereocenters. The maximum absolute atomic E-state index is 13.0. The summed E-state index contributed by atoms with van der Waals surface area (Å²) in [5.74, 6) is -0.505. The number of hydrogen-bond donors (Lipinski definition) is 1. The molecule has 0 heterocycles. The van der Waals surface area contributed by atoms with Crippen LogP contribution in [0.25, 0.3) is 0 Å². The molecule has 1 amide bonds. The van der Waals surface area contributed by atoms with Gasteiger partial charge in [0.25, 0.3) is 0 Å². The Morgan fingerprint density at radius 3 is 2.41 bits per heavy atom. The molecule has 0 aliphatic heterocycles. The second kappa shape index (κ2) is 9.50. The fraction of sp³-hybridized carbons (Fsp3) is 0.350. The Labute approximate surface area is 156 Å². The molecule has 2 aromatic carbocycles. The first kappa shape index (κ1) is 20.9. The highest BCUT2D eigenvalue weighted by atomic mass is 19.4. The quantitative estimate of drug-likeness (QED) is 0.543. The third-order valence-electron chi connectivity index (χ3n) is 4.14. The van der Waals surface area contributed by atoms with Crippen molar-refractivity contribution in [3.8, 4) is 0 Å². The Bertz CT molecular complexity index is 744. The predicted octanol–water partition coefficient (Wildman–Crippen LogP) is 4.37. The maximum atomic E-state index is 13.0. The Kier molecular flexibility index (Phi) is 7.36. The van der Waals surface area contributed by atoms with Crippen LogP contribution in [0.3, 0.4) is 0 Å². The van der Waals surface area contributed by atoms with Crippen LogP contribution in [0.5, 0.6) is 0 Å². The molecule has 0 spiro atoms. The smallest absolute Gasteiger partial charge is 0.341 e. The molecule has 3 nitrogen and oxygen atoms in total. The SMILES string of the molecule is CN(Cc1ccccc1C(F)(F)F)C(=O)CCCNCc1ccc(F)cc1. The van der Waals surface area contributed by atoms with Gasteiger partial charge in [-0.15, -0.1) is 0 Å². The van der Waals surface area contributed by atoms with Crippen molar-refractivity contribution in [2.45, 2.75) is 32.1 Å². The first-order valence-corrected chi connectivity index (χ1v) is 8.61. The van der Waals surface area contributed by atoms with Crippen LogP contribution < -0.4 is 5.32 Å². The number of carbonyl (C=O) groups excluding carboxylic acids is 1. The summed E-state index contributed by atoms with van der Waals surface area (Å²) in [4.78, 5) is 13.5. The number of rotatable bonds is 8. The van der Waals surface area contributed by atoms with Crippen LogP contribution in [-0.4, -0.2) is 24.4 Å². The van der Waals surface area contributed by atoms with E-state index in [9.17, 15) is 22.4 Å². The van der Waals surface area contributed by atoms with Crippen molar-refractivity contribution in [2.24, 2.45) is 0 Å². The lowest BCUT2D eigenvalue weighted by atomic mass is 10.1. The molecule has 0 radical (unpaired) electrons. The zero-order valence-corrected chi connectivity index (χ0v) is 15.0. The number of benzene rings is 2. The van der Waals surface area contributed by atoms with Crippen molar-refractivity contribution < 1.29 is 22.4 Å². The summed E-state index contributed by atoms with van der Waals surface area (Å²) in [6.07, 6.45) is -3.64. The minimum Gasteiger partial charge on any atom is -0.341 e. The molecule has 0 bridgehead atoms. The highest BCUT2D eigenvalue weighted by Crippen LogP contribution is 2.32. The number of amides is 1. The molecule has 146 valence electrons. The normalized spacial score (nSPS) is 11.4. The van der Waals surface area contributed by atoms with Gasteiger partial charge in [0.05, 0.1) is 5.56 Å². The van der Waals surface area contributed by atoms with Crippen LogP contribution in [0.2, 0.25) is 0 Å². The summed E-state index contributed by atoms with van der Waals surface area (Å²) in [5, 5.41) is 3.15. The van der Waals surface area contributed by atoms with Crippen LogP contribution in [0.1, 0.15) is 29.5 Å². The average Bonchev–Trinajstić information content (AvgIpc) is 2.62. The third-order valence-corrected chi connectivity index (χ3v) is 4.14. The van der Waals surface area contributed by atoms with E-state index in [-0.39, 0.29) is 30.3 Å². The van der Waals surface area contributed by atoms with Gasteiger partial charge in [0, 0.05) is 26.6 Å². The fourth-order valence-corrected chi connectivity index (χ4v) is 2.67. The number of nitrogens with zero attached hydrogens (tertiary/aromatic N) is 1. The van der Waals surface area contributed by atoms with Gasteiger partial charge in [0.1, 0.15) is 5.82 Å². The van der Waals surface area contributed by atoms with E-state index in [1.807, 2.05) is 0 Å². The summed E-state index contributed by atoms with van der Waals surface area (Å²) in [6, 6.07) is 11.4.